The van der Waals surface area contributed by atoms with Gasteiger partial charge in [0.1, 0.15) is 0 Å². The Balaban J connectivity index is 3.35. The lowest BCUT2D eigenvalue weighted by Gasteiger charge is -2.22. The maximum Gasteiger partial charge on any atom is 0.305 e. The van der Waals surface area contributed by atoms with Crippen LogP contribution in [0.25, 0.3) is 0 Å². The number of hydrogen-bond donors (Lipinski definition) is 3. The Kier molecular flexibility index (Phi) is 80.3. The lowest BCUT2D eigenvalue weighted by atomic mass is 10.0. The Labute approximate surface area is 577 Å². The van der Waals surface area contributed by atoms with E-state index in [1.165, 1.54) is 411 Å². The number of allylic oxidation sites excluding steroid dienone is 4. The molecular weight excluding hydrogens is 1130 g/mol. The van der Waals surface area contributed by atoms with E-state index in [4.69, 9.17) is 4.74 Å². The van der Waals surface area contributed by atoms with Gasteiger partial charge in [0.05, 0.1) is 25.4 Å². The standard InChI is InChI=1S/C86H167NO5/c1-3-5-7-9-11-13-15-17-19-20-21-22-38-41-44-47-51-54-58-62-66-70-74-78-84(89)83(82-88)87-85(90)79-75-71-67-63-59-55-52-48-45-42-39-36-34-32-30-28-26-24-23-25-27-29-31-33-35-37-40-43-46-49-53-57-61-65-69-73-77-81-92-86(91)80-76-72-68-64-60-56-50-18-16-14-12-10-8-6-4-2/h23,25,29,31,83-84,88-89H,3-22,24,26-28,30,32-82H2,1-2H3,(H,87,90)/b25-23-,31-29-. The SMILES string of the molecule is CCCCCCCCCCCCCCCCCCCCCCCCCC(O)C(CO)NC(=O)CCCCCCCCCCCCCCCCCCC/C=C\C/C=C\CCCCCCCCCCCCCCCOC(=O)CCCCCCCCCCCCCCCCC. The fourth-order valence-electron chi connectivity index (χ4n) is 13.8. The molecule has 0 rings (SSSR count). The topological polar surface area (TPSA) is 95.9 Å². The number of ether oxygens (including phenoxy) is 1. The van der Waals surface area contributed by atoms with E-state index in [-0.39, 0.29) is 18.5 Å². The van der Waals surface area contributed by atoms with Crippen molar-refractivity contribution in [3.63, 3.8) is 0 Å². The Hall–Kier alpha value is -1.66. The summed E-state index contributed by atoms with van der Waals surface area (Å²) < 4.78 is 5.51. The molecule has 0 aromatic heterocycles. The molecule has 0 aliphatic rings. The summed E-state index contributed by atoms with van der Waals surface area (Å²) in [7, 11) is 0. The predicted molar refractivity (Wildman–Crippen MR) is 407 cm³/mol. The summed E-state index contributed by atoms with van der Waals surface area (Å²) in [5.74, 6) is -0.00336. The normalized spacial score (nSPS) is 12.5. The highest BCUT2D eigenvalue weighted by Crippen LogP contribution is 2.21. The number of aliphatic hydroxyl groups excluding tert-OH is 2. The molecule has 0 aliphatic heterocycles. The zero-order chi connectivity index (χ0) is 66.3. The van der Waals surface area contributed by atoms with E-state index in [1.54, 1.807) is 0 Å². The fraction of sp³-hybridized carbons (Fsp3) is 0.930. The van der Waals surface area contributed by atoms with E-state index < -0.39 is 12.1 Å². The third-order valence-electron chi connectivity index (χ3n) is 20.3. The number of nitrogens with one attached hydrogen (secondary N) is 1. The monoisotopic (exact) mass is 1290 g/mol. The molecule has 0 bridgehead atoms. The molecule has 0 radical (unpaired) electrons. The molecular formula is C86H167NO5. The number of amides is 1. The van der Waals surface area contributed by atoms with Crippen molar-refractivity contribution in [2.24, 2.45) is 0 Å². The van der Waals surface area contributed by atoms with Crippen LogP contribution in [0.3, 0.4) is 0 Å². The average molecular weight is 1300 g/mol. The number of aliphatic hydroxyl groups is 2. The van der Waals surface area contributed by atoms with Crippen molar-refractivity contribution in [3.8, 4) is 0 Å². The minimum absolute atomic E-state index is 0.0228. The third-order valence-corrected chi connectivity index (χ3v) is 20.3. The minimum Gasteiger partial charge on any atom is -0.466 e. The molecule has 6 nitrogen and oxygen atoms in total. The lowest BCUT2D eigenvalue weighted by Crippen LogP contribution is -2.45. The largest absolute Gasteiger partial charge is 0.466 e. The molecule has 0 heterocycles. The maximum atomic E-state index is 12.6. The molecule has 0 fully saturated rings. The maximum absolute atomic E-state index is 12.6. The van der Waals surface area contributed by atoms with Crippen molar-refractivity contribution in [2.75, 3.05) is 13.2 Å². The summed E-state index contributed by atoms with van der Waals surface area (Å²) in [5.41, 5.74) is 0. The zero-order valence-electron chi connectivity index (χ0n) is 62.8. The van der Waals surface area contributed by atoms with Gasteiger partial charge in [-0.15, -0.1) is 0 Å². The van der Waals surface area contributed by atoms with Crippen molar-refractivity contribution in [1.29, 1.82) is 0 Å². The highest BCUT2D eigenvalue weighted by molar-refractivity contribution is 5.76. The molecule has 2 unspecified atom stereocenters. The van der Waals surface area contributed by atoms with Crippen molar-refractivity contribution in [2.45, 2.75) is 501 Å². The van der Waals surface area contributed by atoms with Gasteiger partial charge in [-0.2, -0.15) is 0 Å². The first-order valence-electron chi connectivity index (χ1n) is 42.6. The molecule has 92 heavy (non-hydrogen) atoms. The number of hydrogen-bond acceptors (Lipinski definition) is 5. The summed E-state index contributed by atoms with van der Waals surface area (Å²) in [6.07, 6.45) is 106. The van der Waals surface area contributed by atoms with E-state index >= 15 is 0 Å². The first kappa shape index (κ1) is 90.3. The minimum atomic E-state index is -0.664. The number of rotatable bonds is 81. The number of carbonyl (C=O) groups is 2. The second-order valence-electron chi connectivity index (χ2n) is 29.5. The van der Waals surface area contributed by atoms with Gasteiger partial charge in [0.2, 0.25) is 5.91 Å². The van der Waals surface area contributed by atoms with Crippen LogP contribution < -0.4 is 5.32 Å². The molecule has 0 spiro atoms. The number of unbranched alkanes of at least 4 members (excludes halogenated alkanes) is 66. The van der Waals surface area contributed by atoms with Crippen molar-refractivity contribution < 1.29 is 24.5 Å². The van der Waals surface area contributed by atoms with Gasteiger partial charge >= 0.3 is 5.97 Å². The first-order valence-corrected chi connectivity index (χ1v) is 42.6. The van der Waals surface area contributed by atoms with E-state index in [0.717, 1.165) is 44.9 Å². The molecule has 1 amide bonds. The van der Waals surface area contributed by atoms with Gasteiger partial charge in [-0.1, -0.05) is 443 Å². The summed E-state index contributed by atoms with van der Waals surface area (Å²) in [6, 6.07) is -0.541. The van der Waals surface area contributed by atoms with Gasteiger partial charge in [0, 0.05) is 12.8 Å². The summed E-state index contributed by atoms with van der Waals surface area (Å²) in [4.78, 5) is 24.7. The Bertz CT molecular complexity index is 1450. The van der Waals surface area contributed by atoms with Gasteiger partial charge in [0.25, 0.3) is 0 Å². The Morgan fingerprint density at radius 1 is 0.304 bits per heavy atom. The van der Waals surface area contributed by atoms with Crippen LogP contribution in [0.5, 0.6) is 0 Å². The fourth-order valence-corrected chi connectivity index (χ4v) is 13.8. The summed E-state index contributed by atoms with van der Waals surface area (Å²) >= 11 is 0. The van der Waals surface area contributed by atoms with Gasteiger partial charge in [-0.05, 0) is 57.8 Å². The van der Waals surface area contributed by atoms with Crippen molar-refractivity contribution >= 4 is 11.9 Å². The van der Waals surface area contributed by atoms with Gasteiger partial charge in [-0.25, -0.2) is 0 Å². The van der Waals surface area contributed by atoms with Gasteiger partial charge in [0.15, 0.2) is 0 Å². The second-order valence-corrected chi connectivity index (χ2v) is 29.5. The van der Waals surface area contributed by atoms with E-state index in [1.807, 2.05) is 0 Å². The van der Waals surface area contributed by atoms with Crippen LogP contribution in [0.1, 0.15) is 489 Å². The molecule has 546 valence electrons. The van der Waals surface area contributed by atoms with E-state index in [0.29, 0.717) is 25.9 Å². The van der Waals surface area contributed by atoms with Gasteiger partial charge in [-0.3, -0.25) is 9.59 Å². The molecule has 3 N–H and O–H groups in total. The third kappa shape index (κ3) is 77.3. The molecule has 6 heteroatoms. The van der Waals surface area contributed by atoms with Crippen molar-refractivity contribution in [3.05, 3.63) is 24.3 Å². The van der Waals surface area contributed by atoms with E-state index in [9.17, 15) is 19.8 Å². The van der Waals surface area contributed by atoms with Crippen LogP contribution in [-0.4, -0.2) is 47.4 Å². The predicted octanol–water partition coefficient (Wildman–Crippen LogP) is 28.4. The molecule has 0 saturated carbocycles. The van der Waals surface area contributed by atoms with E-state index in [2.05, 4.69) is 43.5 Å². The first-order chi connectivity index (χ1) is 45.5. The van der Waals surface area contributed by atoms with Crippen LogP contribution in [-0.2, 0) is 14.3 Å². The molecule has 0 aromatic carbocycles. The summed E-state index contributed by atoms with van der Waals surface area (Å²) in [6.45, 7) is 5.02. The van der Waals surface area contributed by atoms with Crippen LogP contribution in [0.2, 0.25) is 0 Å². The van der Waals surface area contributed by atoms with Crippen molar-refractivity contribution in [1.82, 2.24) is 5.32 Å². The Morgan fingerprint density at radius 2 is 0.543 bits per heavy atom. The smallest absolute Gasteiger partial charge is 0.305 e. The molecule has 0 aromatic rings. The summed E-state index contributed by atoms with van der Waals surface area (Å²) in [5, 5.41) is 23.5. The lowest BCUT2D eigenvalue weighted by molar-refractivity contribution is -0.143. The average Bonchev–Trinajstić information content (AvgIpc) is 3.61. The quantitative estimate of drug-likeness (QED) is 0.0320. The molecule has 0 aliphatic carbocycles. The zero-order valence-corrected chi connectivity index (χ0v) is 62.8. The highest BCUT2D eigenvalue weighted by Gasteiger charge is 2.20. The second kappa shape index (κ2) is 81.8. The van der Waals surface area contributed by atoms with Crippen LogP contribution in [0, 0.1) is 0 Å². The van der Waals surface area contributed by atoms with Crippen LogP contribution in [0.4, 0.5) is 0 Å². The van der Waals surface area contributed by atoms with Crippen LogP contribution >= 0.6 is 0 Å². The molecule has 0 saturated heterocycles. The molecule has 2 atom stereocenters. The van der Waals surface area contributed by atoms with Gasteiger partial charge < -0.3 is 20.3 Å². The van der Waals surface area contributed by atoms with Crippen LogP contribution in [0.15, 0.2) is 24.3 Å². The number of esters is 1. The highest BCUT2D eigenvalue weighted by atomic mass is 16.5. The Morgan fingerprint density at radius 3 is 0.826 bits per heavy atom. The number of carbonyl (C=O) groups excluding carboxylic acids is 2.